The molecule has 1 aliphatic rings. The van der Waals surface area contributed by atoms with Crippen LogP contribution in [0.2, 0.25) is 5.02 Å². The van der Waals surface area contributed by atoms with Crippen molar-refractivity contribution in [3.05, 3.63) is 40.8 Å². The SMILES string of the molecule is COc1cc(C(=O)NS(C)(=O)=O)c(F)cc1-c1cnc(OCC2(C)CC2)c(Cl)c1. The molecule has 1 heterocycles. The van der Waals surface area contributed by atoms with E-state index in [1.807, 2.05) is 0 Å². The molecule has 3 rings (SSSR count). The lowest BCUT2D eigenvalue weighted by molar-refractivity contribution is 0.0977. The maximum Gasteiger partial charge on any atom is 0.267 e. The number of ether oxygens (including phenoxy) is 2. The molecule has 0 atom stereocenters. The highest BCUT2D eigenvalue weighted by molar-refractivity contribution is 7.89. The van der Waals surface area contributed by atoms with Crippen LogP contribution in [0.15, 0.2) is 24.4 Å². The van der Waals surface area contributed by atoms with E-state index in [1.54, 1.807) is 10.8 Å². The van der Waals surface area contributed by atoms with E-state index < -0.39 is 27.3 Å². The van der Waals surface area contributed by atoms with Crippen molar-refractivity contribution in [3.63, 3.8) is 0 Å². The predicted octanol–water partition coefficient (Wildman–Crippen LogP) is 3.42. The summed E-state index contributed by atoms with van der Waals surface area (Å²) in [4.78, 5) is 16.2. The molecule has 1 aromatic heterocycles. The van der Waals surface area contributed by atoms with Crippen molar-refractivity contribution in [2.45, 2.75) is 19.8 Å². The monoisotopic (exact) mass is 442 g/mol. The number of carbonyl (C=O) groups is 1. The highest BCUT2D eigenvalue weighted by Crippen LogP contribution is 2.45. The Morgan fingerprint density at radius 2 is 2.03 bits per heavy atom. The van der Waals surface area contributed by atoms with Crippen LogP contribution < -0.4 is 14.2 Å². The number of carbonyl (C=O) groups excluding carboxylic acids is 1. The van der Waals surface area contributed by atoms with Gasteiger partial charge in [-0.25, -0.2) is 22.5 Å². The maximum atomic E-state index is 14.5. The van der Waals surface area contributed by atoms with Gasteiger partial charge in [-0.2, -0.15) is 0 Å². The molecule has 0 unspecified atom stereocenters. The molecule has 1 saturated carbocycles. The lowest BCUT2D eigenvalue weighted by Crippen LogP contribution is -2.30. The van der Waals surface area contributed by atoms with Crippen molar-refractivity contribution in [2.75, 3.05) is 20.0 Å². The quantitative estimate of drug-likeness (QED) is 0.706. The second-order valence-electron chi connectivity index (χ2n) is 7.35. The predicted molar refractivity (Wildman–Crippen MR) is 106 cm³/mol. The maximum absolute atomic E-state index is 14.5. The molecular formula is C19H20ClFN2O5S. The van der Waals surface area contributed by atoms with Gasteiger partial charge in [0.05, 0.1) is 25.5 Å². The third-order valence-corrected chi connectivity index (χ3v) is 5.42. The van der Waals surface area contributed by atoms with E-state index in [2.05, 4.69) is 11.9 Å². The van der Waals surface area contributed by atoms with E-state index in [0.29, 0.717) is 17.7 Å². The summed E-state index contributed by atoms with van der Waals surface area (Å²) in [6.45, 7) is 2.63. The van der Waals surface area contributed by atoms with E-state index in [1.165, 1.54) is 13.3 Å². The molecule has 1 fully saturated rings. The minimum absolute atomic E-state index is 0.155. The number of rotatable bonds is 7. The highest BCUT2D eigenvalue weighted by Gasteiger charge is 2.38. The Bertz CT molecular complexity index is 1070. The Morgan fingerprint density at radius 1 is 1.34 bits per heavy atom. The summed E-state index contributed by atoms with van der Waals surface area (Å²) in [6.07, 6.45) is 4.45. The lowest BCUT2D eigenvalue weighted by Gasteiger charge is -2.14. The lowest BCUT2D eigenvalue weighted by atomic mass is 10.0. The van der Waals surface area contributed by atoms with Crippen LogP contribution in [0.5, 0.6) is 11.6 Å². The number of hydrogen-bond acceptors (Lipinski definition) is 6. The molecule has 156 valence electrons. The van der Waals surface area contributed by atoms with E-state index in [-0.39, 0.29) is 22.1 Å². The molecule has 0 radical (unpaired) electrons. The van der Waals surface area contributed by atoms with Crippen LogP contribution in [0.1, 0.15) is 30.1 Å². The first-order valence-electron chi connectivity index (χ1n) is 8.70. The molecule has 0 spiro atoms. The van der Waals surface area contributed by atoms with Gasteiger partial charge in [0.1, 0.15) is 16.6 Å². The Hall–Kier alpha value is -2.39. The number of hydrogen-bond donors (Lipinski definition) is 1. The third-order valence-electron chi connectivity index (χ3n) is 4.59. The fraction of sp³-hybridized carbons (Fsp3) is 0.368. The van der Waals surface area contributed by atoms with E-state index >= 15 is 0 Å². The number of aromatic nitrogens is 1. The molecule has 1 aromatic carbocycles. The first-order chi connectivity index (χ1) is 13.5. The van der Waals surface area contributed by atoms with E-state index in [4.69, 9.17) is 21.1 Å². The van der Waals surface area contributed by atoms with Gasteiger partial charge in [0, 0.05) is 22.7 Å². The third kappa shape index (κ3) is 5.16. The standard InChI is InChI=1S/C19H20ClFN2O5S/c1-19(4-5-19)10-28-18-14(20)6-11(9-22-18)12-7-15(21)13(8-16(12)27-2)17(24)23-29(3,25)26/h6-9H,4-5,10H2,1-3H3,(H,23,24). The van der Waals surface area contributed by atoms with Crippen molar-refractivity contribution >= 4 is 27.5 Å². The van der Waals surface area contributed by atoms with Crippen molar-refractivity contribution < 1.29 is 27.1 Å². The van der Waals surface area contributed by atoms with Crippen molar-refractivity contribution in [1.82, 2.24) is 9.71 Å². The second-order valence-corrected chi connectivity index (χ2v) is 9.50. The molecule has 10 heteroatoms. The minimum Gasteiger partial charge on any atom is -0.496 e. The van der Waals surface area contributed by atoms with Crippen molar-refractivity contribution in [2.24, 2.45) is 5.41 Å². The largest absolute Gasteiger partial charge is 0.496 e. The summed E-state index contributed by atoms with van der Waals surface area (Å²) in [7, 11) is -2.50. The summed E-state index contributed by atoms with van der Waals surface area (Å²) in [5, 5.41) is 0.258. The van der Waals surface area contributed by atoms with Gasteiger partial charge < -0.3 is 9.47 Å². The molecule has 2 aromatic rings. The molecular weight excluding hydrogens is 423 g/mol. The Balaban J connectivity index is 1.90. The van der Waals surface area contributed by atoms with Gasteiger partial charge in [-0.3, -0.25) is 4.79 Å². The number of sulfonamides is 1. The zero-order valence-corrected chi connectivity index (χ0v) is 17.7. The second kappa shape index (κ2) is 7.79. The Kier molecular flexibility index (Phi) is 5.73. The smallest absolute Gasteiger partial charge is 0.267 e. The molecule has 1 amide bonds. The first-order valence-corrected chi connectivity index (χ1v) is 11.0. The molecule has 1 N–H and O–H groups in total. The van der Waals surface area contributed by atoms with Gasteiger partial charge in [0.15, 0.2) is 0 Å². The van der Waals surface area contributed by atoms with Crippen LogP contribution in [-0.4, -0.2) is 39.3 Å². The van der Waals surface area contributed by atoms with Crippen LogP contribution >= 0.6 is 11.6 Å². The number of amides is 1. The van der Waals surface area contributed by atoms with Crippen LogP contribution in [0.25, 0.3) is 11.1 Å². The molecule has 7 nitrogen and oxygen atoms in total. The number of nitrogens with one attached hydrogen (secondary N) is 1. The van der Waals surface area contributed by atoms with Crippen molar-refractivity contribution in [1.29, 1.82) is 0 Å². The molecule has 29 heavy (non-hydrogen) atoms. The van der Waals surface area contributed by atoms with Gasteiger partial charge >= 0.3 is 0 Å². The van der Waals surface area contributed by atoms with Crippen molar-refractivity contribution in [3.8, 4) is 22.8 Å². The van der Waals surface area contributed by atoms with E-state index in [9.17, 15) is 17.6 Å². The fourth-order valence-corrected chi connectivity index (χ4v) is 3.29. The van der Waals surface area contributed by atoms with Crippen LogP contribution in [-0.2, 0) is 10.0 Å². The normalized spacial score (nSPS) is 14.9. The average molecular weight is 443 g/mol. The summed E-state index contributed by atoms with van der Waals surface area (Å²) >= 11 is 6.27. The molecule has 0 saturated heterocycles. The van der Waals surface area contributed by atoms with Gasteiger partial charge in [-0.1, -0.05) is 18.5 Å². The topological polar surface area (TPSA) is 94.6 Å². The number of benzene rings is 1. The number of pyridine rings is 1. The van der Waals surface area contributed by atoms with Crippen LogP contribution in [0.3, 0.4) is 0 Å². The van der Waals surface area contributed by atoms with Crippen LogP contribution in [0, 0.1) is 11.2 Å². The first kappa shape index (κ1) is 21.3. The van der Waals surface area contributed by atoms with Gasteiger partial charge in [0.2, 0.25) is 15.9 Å². The number of halogens is 2. The Labute approximate surface area is 173 Å². The summed E-state index contributed by atoms with van der Waals surface area (Å²) in [5.41, 5.74) is 0.452. The number of methoxy groups -OCH3 is 1. The number of nitrogens with zero attached hydrogens (tertiary/aromatic N) is 1. The van der Waals surface area contributed by atoms with Gasteiger partial charge in [0.25, 0.3) is 5.91 Å². The molecule has 0 bridgehead atoms. The summed E-state index contributed by atoms with van der Waals surface area (Å²) in [5.74, 6) is -1.57. The minimum atomic E-state index is -3.84. The zero-order valence-electron chi connectivity index (χ0n) is 16.1. The fourth-order valence-electron chi connectivity index (χ4n) is 2.62. The van der Waals surface area contributed by atoms with Crippen LogP contribution in [0.4, 0.5) is 4.39 Å². The van der Waals surface area contributed by atoms with Gasteiger partial charge in [-0.05, 0) is 31.0 Å². The summed E-state index contributed by atoms with van der Waals surface area (Å²) < 4.78 is 49.6. The average Bonchev–Trinajstić information content (AvgIpc) is 3.36. The van der Waals surface area contributed by atoms with Gasteiger partial charge in [-0.15, -0.1) is 0 Å². The molecule has 0 aliphatic heterocycles. The summed E-state index contributed by atoms with van der Waals surface area (Å²) in [6, 6.07) is 3.75. The van der Waals surface area contributed by atoms with E-state index in [0.717, 1.165) is 31.2 Å². The Morgan fingerprint density at radius 3 is 2.59 bits per heavy atom. The zero-order chi connectivity index (χ0) is 21.4. The molecule has 1 aliphatic carbocycles. The highest BCUT2D eigenvalue weighted by atomic mass is 35.5.